The molecule has 0 spiro atoms. The fourth-order valence-electron chi connectivity index (χ4n) is 1.69. The minimum atomic E-state index is -0.234. The second-order valence-electron chi connectivity index (χ2n) is 4.13. The van der Waals surface area contributed by atoms with Crippen LogP contribution in [0.15, 0.2) is 36.4 Å². The van der Waals surface area contributed by atoms with E-state index in [0.29, 0.717) is 28.5 Å². The summed E-state index contributed by atoms with van der Waals surface area (Å²) >= 11 is 6.03. The molecular formula is C14H14ClFN2. The number of rotatable bonds is 3. The number of halogens is 2. The highest BCUT2D eigenvalue weighted by Crippen LogP contribution is 2.27. The summed E-state index contributed by atoms with van der Waals surface area (Å²) in [5, 5.41) is 3.73. The molecule has 0 saturated carbocycles. The van der Waals surface area contributed by atoms with Crippen LogP contribution in [0.4, 0.5) is 15.8 Å². The number of hydrogen-bond acceptors (Lipinski definition) is 2. The fourth-order valence-corrected chi connectivity index (χ4v) is 1.85. The predicted molar refractivity (Wildman–Crippen MR) is 74.3 cm³/mol. The zero-order chi connectivity index (χ0) is 13.1. The van der Waals surface area contributed by atoms with Crippen LogP contribution in [0.5, 0.6) is 0 Å². The van der Waals surface area contributed by atoms with Gasteiger partial charge in [0, 0.05) is 17.1 Å². The predicted octanol–water partition coefficient (Wildman–Crippen LogP) is 3.98. The zero-order valence-electron chi connectivity index (χ0n) is 10.0. The Kier molecular flexibility index (Phi) is 3.72. The summed E-state index contributed by atoms with van der Waals surface area (Å²) in [6.45, 7) is 2.26. The summed E-state index contributed by atoms with van der Waals surface area (Å²) in [7, 11) is 0. The van der Waals surface area contributed by atoms with Crippen molar-refractivity contribution in [3.63, 3.8) is 0 Å². The molecule has 18 heavy (non-hydrogen) atoms. The second-order valence-corrected chi connectivity index (χ2v) is 4.54. The van der Waals surface area contributed by atoms with Crippen LogP contribution in [-0.2, 0) is 6.54 Å². The summed E-state index contributed by atoms with van der Waals surface area (Å²) in [5.74, 6) is -0.234. The fraction of sp³-hybridized carbons (Fsp3) is 0.143. The molecule has 0 aliphatic heterocycles. The Balaban J connectivity index is 2.16. The molecule has 0 aromatic heterocycles. The summed E-state index contributed by atoms with van der Waals surface area (Å²) < 4.78 is 13.4. The molecule has 2 rings (SSSR count). The van der Waals surface area contributed by atoms with Gasteiger partial charge in [-0.3, -0.25) is 0 Å². The van der Waals surface area contributed by atoms with E-state index >= 15 is 0 Å². The molecule has 2 aromatic carbocycles. The summed E-state index contributed by atoms with van der Waals surface area (Å²) in [5.41, 5.74) is 8.71. The molecular weight excluding hydrogens is 251 g/mol. The van der Waals surface area contributed by atoms with Gasteiger partial charge in [0.1, 0.15) is 5.82 Å². The molecule has 0 saturated heterocycles. The van der Waals surface area contributed by atoms with Crippen molar-refractivity contribution < 1.29 is 4.39 Å². The van der Waals surface area contributed by atoms with Crippen LogP contribution in [-0.4, -0.2) is 0 Å². The smallest absolute Gasteiger partial charge is 0.128 e. The highest BCUT2D eigenvalue weighted by Gasteiger charge is 2.05. The van der Waals surface area contributed by atoms with Gasteiger partial charge in [0.2, 0.25) is 0 Å². The van der Waals surface area contributed by atoms with Gasteiger partial charge in [-0.05, 0) is 30.7 Å². The normalized spacial score (nSPS) is 10.4. The lowest BCUT2D eigenvalue weighted by molar-refractivity contribution is 0.613. The lowest BCUT2D eigenvalue weighted by atomic mass is 10.1. The van der Waals surface area contributed by atoms with Gasteiger partial charge in [0.15, 0.2) is 0 Å². The highest BCUT2D eigenvalue weighted by atomic mass is 35.5. The molecule has 4 heteroatoms. The molecule has 2 nitrogen and oxygen atoms in total. The van der Waals surface area contributed by atoms with Crippen molar-refractivity contribution in [1.29, 1.82) is 0 Å². The zero-order valence-corrected chi connectivity index (χ0v) is 10.8. The second kappa shape index (κ2) is 5.27. The third kappa shape index (κ3) is 2.74. The molecule has 2 aromatic rings. The van der Waals surface area contributed by atoms with E-state index in [4.69, 9.17) is 17.3 Å². The van der Waals surface area contributed by atoms with Crippen molar-refractivity contribution >= 4 is 23.0 Å². The minimum Gasteiger partial charge on any atom is -0.397 e. The summed E-state index contributed by atoms with van der Waals surface area (Å²) in [4.78, 5) is 0. The lowest BCUT2D eigenvalue weighted by Crippen LogP contribution is -2.04. The first-order valence-corrected chi connectivity index (χ1v) is 5.98. The van der Waals surface area contributed by atoms with Crippen molar-refractivity contribution in [2.75, 3.05) is 11.1 Å². The minimum absolute atomic E-state index is 0.234. The van der Waals surface area contributed by atoms with Gasteiger partial charge in [-0.25, -0.2) is 4.39 Å². The number of nitrogens with one attached hydrogen (secondary N) is 1. The van der Waals surface area contributed by atoms with E-state index in [9.17, 15) is 4.39 Å². The number of anilines is 2. The van der Waals surface area contributed by atoms with Crippen LogP contribution in [0.2, 0.25) is 5.02 Å². The SMILES string of the molecule is Cc1cc(N)c(NCc2ccccc2F)cc1Cl. The van der Waals surface area contributed by atoms with E-state index in [1.54, 1.807) is 30.3 Å². The topological polar surface area (TPSA) is 38.0 Å². The molecule has 0 amide bonds. The van der Waals surface area contributed by atoms with Crippen LogP contribution in [0.1, 0.15) is 11.1 Å². The quantitative estimate of drug-likeness (QED) is 0.823. The Hall–Kier alpha value is -1.74. The molecule has 0 bridgehead atoms. The average molecular weight is 265 g/mol. The molecule has 0 aliphatic rings. The molecule has 0 heterocycles. The summed E-state index contributed by atoms with van der Waals surface area (Å²) in [6.07, 6.45) is 0. The van der Waals surface area contributed by atoms with Crippen LogP contribution >= 0.6 is 11.6 Å². The van der Waals surface area contributed by atoms with E-state index in [0.717, 1.165) is 5.56 Å². The number of benzene rings is 2. The molecule has 0 atom stereocenters. The number of nitrogens with two attached hydrogens (primary N) is 1. The van der Waals surface area contributed by atoms with E-state index < -0.39 is 0 Å². The standard InChI is InChI=1S/C14H14ClFN2/c1-9-6-13(17)14(7-11(9)15)18-8-10-4-2-3-5-12(10)16/h2-7,18H,8,17H2,1H3. The number of aryl methyl sites for hydroxylation is 1. The van der Waals surface area contributed by atoms with Crippen LogP contribution in [0.3, 0.4) is 0 Å². The Labute approximate surface area is 111 Å². The largest absolute Gasteiger partial charge is 0.397 e. The van der Waals surface area contributed by atoms with Gasteiger partial charge in [-0.2, -0.15) is 0 Å². The first kappa shape index (κ1) is 12.7. The van der Waals surface area contributed by atoms with E-state index in [1.807, 2.05) is 6.92 Å². The van der Waals surface area contributed by atoms with Gasteiger partial charge < -0.3 is 11.1 Å². The van der Waals surface area contributed by atoms with Gasteiger partial charge in [-0.15, -0.1) is 0 Å². The monoisotopic (exact) mass is 264 g/mol. The highest BCUT2D eigenvalue weighted by molar-refractivity contribution is 6.31. The summed E-state index contributed by atoms with van der Waals surface area (Å²) in [6, 6.07) is 10.2. The van der Waals surface area contributed by atoms with E-state index in [-0.39, 0.29) is 5.82 Å². The number of nitrogen functional groups attached to an aromatic ring is 1. The van der Waals surface area contributed by atoms with Crippen molar-refractivity contribution in [3.8, 4) is 0 Å². The van der Waals surface area contributed by atoms with Gasteiger partial charge in [-0.1, -0.05) is 29.8 Å². The maximum absolute atomic E-state index is 13.4. The van der Waals surface area contributed by atoms with Crippen LogP contribution < -0.4 is 11.1 Å². The van der Waals surface area contributed by atoms with Crippen molar-refractivity contribution in [1.82, 2.24) is 0 Å². The van der Waals surface area contributed by atoms with Crippen molar-refractivity contribution in [3.05, 3.63) is 58.4 Å². The van der Waals surface area contributed by atoms with Crippen LogP contribution in [0.25, 0.3) is 0 Å². The Bertz CT molecular complexity index is 570. The van der Waals surface area contributed by atoms with E-state index in [1.165, 1.54) is 6.07 Å². The molecule has 0 aliphatic carbocycles. The van der Waals surface area contributed by atoms with Gasteiger partial charge >= 0.3 is 0 Å². The Morgan fingerprint density at radius 1 is 1.28 bits per heavy atom. The lowest BCUT2D eigenvalue weighted by Gasteiger charge is -2.11. The van der Waals surface area contributed by atoms with Gasteiger partial charge in [0.25, 0.3) is 0 Å². The van der Waals surface area contributed by atoms with Crippen molar-refractivity contribution in [2.45, 2.75) is 13.5 Å². The maximum Gasteiger partial charge on any atom is 0.128 e. The molecule has 94 valence electrons. The Morgan fingerprint density at radius 3 is 2.72 bits per heavy atom. The Morgan fingerprint density at radius 2 is 2.00 bits per heavy atom. The van der Waals surface area contributed by atoms with Crippen molar-refractivity contribution in [2.24, 2.45) is 0 Å². The molecule has 3 N–H and O–H groups in total. The third-order valence-corrected chi connectivity index (χ3v) is 3.17. The maximum atomic E-state index is 13.4. The molecule has 0 unspecified atom stereocenters. The molecule has 0 radical (unpaired) electrons. The first-order valence-electron chi connectivity index (χ1n) is 5.61. The number of hydrogen-bond donors (Lipinski definition) is 2. The molecule has 0 fully saturated rings. The van der Waals surface area contributed by atoms with Gasteiger partial charge in [0.05, 0.1) is 11.4 Å². The third-order valence-electron chi connectivity index (χ3n) is 2.76. The average Bonchev–Trinajstić information content (AvgIpc) is 2.34. The van der Waals surface area contributed by atoms with E-state index in [2.05, 4.69) is 5.32 Å². The van der Waals surface area contributed by atoms with Crippen LogP contribution in [0, 0.1) is 12.7 Å². The first-order chi connectivity index (χ1) is 8.58.